The third-order valence-electron chi connectivity index (χ3n) is 3.47. The van der Waals surface area contributed by atoms with E-state index in [-0.39, 0.29) is 17.1 Å². The van der Waals surface area contributed by atoms with Gasteiger partial charge in [0.1, 0.15) is 18.3 Å². The molecule has 0 bridgehead atoms. The third kappa shape index (κ3) is 3.06. The second kappa shape index (κ2) is 5.89. The summed E-state index contributed by atoms with van der Waals surface area (Å²) in [6.07, 6.45) is -4.22. The minimum absolute atomic E-state index is 0.0176. The maximum atomic E-state index is 11.7. The maximum Gasteiger partial charge on any atom is 0.469 e. The molecule has 132 valence electrons. The number of aliphatic hydroxyl groups excluding tert-OH is 2. The molecule has 0 saturated carbocycles. The standard InChI is InChI=1S/C10H14N5O8P/c11-10-13-7-4(8(18)14-10)12-2-15(7)9-6(17)5(16)3(23-9)1-22-24(19,20)21/h2-3,5-6,9,16-17H,1H2,(H2,19,20,21)(H3,11,13,14,18)/t3-,5+,6+,9+/m0/s1. The molecule has 0 aromatic carbocycles. The van der Waals surface area contributed by atoms with Gasteiger partial charge in [-0.25, -0.2) is 9.55 Å². The highest BCUT2D eigenvalue weighted by Gasteiger charge is 2.45. The van der Waals surface area contributed by atoms with E-state index in [1.54, 1.807) is 0 Å². The summed E-state index contributed by atoms with van der Waals surface area (Å²) in [7, 11) is -4.76. The van der Waals surface area contributed by atoms with Crippen LogP contribution in [-0.2, 0) is 13.8 Å². The number of aliphatic hydroxyl groups is 2. The zero-order valence-corrected chi connectivity index (χ0v) is 12.8. The lowest BCUT2D eigenvalue weighted by atomic mass is 10.1. The summed E-state index contributed by atoms with van der Waals surface area (Å²) in [5.41, 5.74) is 4.84. The number of nitrogens with zero attached hydrogens (tertiary/aromatic N) is 3. The predicted octanol–water partition coefficient (Wildman–Crippen LogP) is -2.57. The number of phosphoric acid groups is 1. The number of ether oxygens (including phenoxy) is 1. The van der Waals surface area contributed by atoms with E-state index in [0.29, 0.717) is 0 Å². The number of hydrogen-bond acceptors (Lipinski definition) is 9. The second-order valence-electron chi connectivity index (χ2n) is 5.11. The van der Waals surface area contributed by atoms with Crippen LogP contribution >= 0.6 is 7.82 Å². The number of phosphoric ester groups is 1. The van der Waals surface area contributed by atoms with Gasteiger partial charge < -0.3 is 30.5 Å². The fourth-order valence-corrected chi connectivity index (χ4v) is 2.74. The summed E-state index contributed by atoms with van der Waals surface area (Å²) in [5.74, 6) is -0.177. The van der Waals surface area contributed by atoms with Gasteiger partial charge in [-0.15, -0.1) is 0 Å². The highest BCUT2D eigenvalue weighted by molar-refractivity contribution is 7.46. The number of fused-ring (bicyclic) bond motifs is 1. The van der Waals surface area contributed by atoms with Gasteiger partial charge in [0.2, 0.25) is 5.95 Å². The summed E-state index contributed by atoms with van der Waals surface area (Å²) >= 11 is 0. The number of rotatable bonds is 4. The zero-order chi connectivity index (χ0) is 17.6. The number of aromatic nitrogens is 4. The fourth-order valence-electron chi connectivity index (χ4n) is 2.40. The predicted molar refractivity (Wildman–Crippen MR) is 76.5 cm³/mol. The zero-order valence-electron chi connectivity index (χ0n) is 11.9. The van der Waals surface area contributed by atoms with E-state index in [0.717, 1.165) is 0 Å². The molecule has 14 heteroatoms. The van der Waals surface area contributed by atoms with Crippen molar-refractivity contribution in [2.24, 2.45) is 0 Å². The average Bonchev–Trinajstić information content (AvgIpc) is 3.00. The van der Waals surface area contributed by atoms with Gasteiger partial charge in [0.05, 0.1) is 12.9 Å². The Morgan fingerprint density at radius 3 is 2.79 bits per heavy atom. The topological polar surface area (TPSA) is 206 Å². The van der Waals surface area contributed by atoms with E-state index >= 15 is 0 Å². The quantitative estimate of drug-likeness (QED) is 0.311. The van der Waals surface area contributed by atoms with Crippen LogP contribution in [0.3, 0.4) is 0 Å². The van der Waals surface area contributed by atoms with Crippen LogP contribution in [-0.4, -0.2) is 64.4 Å². The molecule has 1 saturated heterocycles. The highest BCUT2D eigenvalue weighted by Crippen LogP contribution is 2.38. The summed E-state index contributed by atoms with van der Waals surface area (Å²) in [5, 5.41) is 20.1. The van der Waals surface area contributed by atoms with E-state index in [1.165, 1.54) is 10.9 Å². The Bertz CT molecular complexity index is 861. The van der Waals surface area contributed by atoms with Crippen molar-refractivity contribution in [2.45, 2.75) is 24.5 Å². The van der Waals surface area contributed by atoms with Crippen molar-refractivity contribution in [3.05, 3.63) is 16.7 Å². The van der Waals surface area contributed by atoms with Gasteiger partial charge in [0.25, 0.3) is 5.56 Å². The molecule has 1 aliphatic rings. The molecule has 1 fully saturated rings. The van der Waals surface area contributed by atoms with Gasteiger partial charge in [-0.3, -0.25) is 18.9 Å². The molecular weight excluding hydrogens is 349 g/mol. The Morgan fingerprint density at radius 1 is 1.42 bits per heavy atom. The van der Waals surface area contributed by atoms with Gasteiger partial charge in [-0.2, -0.15) is 4.98 Å². The van der Waals surface area contributed by atoms with Crippen molar-refractivity contribution in [2.75, 3.05) is 12.3 Å². The van der Waals surface area contributed by atoms with E-state index in [4.69, 9.17) is 20.3 Å². The molecule has 0 aliphatic carbocycles. The van der Waals surface area contributed by atoms with Crippen LogP contribution in [0.2, 0.25) is 0 Å². The number of aromatic amines is 1. The number of nitrogen functional groups attached to an aromatic ring is 1. The Balaban J connectivity index is 1.90. The number of H-pyrrole nitrogens is 1. The van der Waals surface area contributed by atoms with Crippen LogP contribution in [0.25, 0.3) is 11.2 Å². The maximum absolute atomic E-state index is 11.7. The van der Waals surface area contributed by atoms with Crippen molar-refractivity contribution in [1.29, 1.82) is 0 Å². The number of imidazole rings is 1. The summed E-state index contributed by atoms with van der Waals surface area (Å²) in [4.78, 5) is 39.1. The minimum Gasteiger partial charge on any atom is -0.387 e. The van der Waals surface area contributed by atoms with Gasteiger partial charge >= 0.3 is 7.82 Å². The van der Waals surface area contributed by atoms with Gasteiger partial charge in [-0.1, -0.05) is 0 Å². The first-order chi connectivity index (χ1) is 11.2. The van der Waals surface area contributed by atoms with Gasteiger partial charge in [0.15, 0.2) is 17.4 Å². The van der Waals surface area contributed by atoms with Gasteiger partial charge in [0, 0.05) is 0 Å². The number of hydrogen-bond donors (Lipinski definition) is 6. The first-order valence-electron chi connectivity index (χ1n) is 6.61. The lowest BCUT2D eigenvalue weighted by molar-refractivity contribution is -0.0503. The Hall–Kier alpha value is -1.86. The van der Waals surface area contributed by atoms with Crippen LogP contribution in [0, 0.1) is 0 Å². The molecule has 1 aliphatic heterocycles. The van der Waals surface area contributed by atoms with Crippen molar-refractivity contribution in [1.82, 2.24) is 19.5 Å². The Morgan fingerprint density at radius 2 is 2.12 bits per heavy atom. The normalized spacial score (nSPS) is 27.8. The summed E-state index contributed by atoms with van der Waals surface area (Å²) < 4.78 is 21.6. The van der Waals surface area contributed by atoms with Crippen molar-refractivity contribution in [3.8, 4) is 0 Å². The van der Waals surface area contributed by atoms with Crippen LogP contribution in [0.5, 0.6) is 0 Å². The molecule has 3 heterocycles. The molecular formula is C10H14N5O8P. The molecule has 0 unspecified atom stereocenters. The average molecular weight is 363 g/mol. The number of nitrogens with one attached hydrogen (secondary N) is 1. The smallest absolute Gasteiger partial charge is 0.387 e. The minimum atomic E-state index is -4.76. The van der Waals surface area contributed by atoms with Crippen LogP contribution in [0.4, 0.5) is 5.95 Å². The van der Waals surface area contributed by atoms with E-state index < -0.39 is 44.5 Å². The Labute approximate surface area is 132 Å². The molecule has 13 nitrogen and oxygen atoms in total. The molecule has 0 radical (unpaired) electrons. The SMILES string of the molecule is Nc1nc2c(ncn2[C@@H]2O[C@@H](COP(=O)(O)O)[C@@H](O)[C@H]2O)c(=O)[nH]1. The highest BCUT2D eigenvalue weighted by atomic mass is 31.2. The molecule has 7 N–H and O–H groups in total. The molecule has 4 atom stereocenters. The van der Waals surface area contributed by atoms with Crippen molar-refractivity contribution < 1.29 is 33.8 Å². The molecule has 2 aromatic rings. The molecule has 0 spiro atoms. The largest absolute Gasteiger partial charge is 0.469 e. The summed E-state index contributed by atoms with van der Waals surface area (Å²) in [6.45, 7) is -0.651. The number of anilines is 1. The van der Waals surface area contributed by atoms with Crippen LogP contribution in [0.15, 0.2) is 11.1 Å². The van der Waals surface area contributed by atoms with E-state index in [2.05, 4.69) is 19.5 Å². The van der Waals surface area contributed by atoms with E-state index in [1.807, 2.05) is 0 Å². The van der Waals surface area contributed by atoms with Crippen molar-refractivity contribution in [3.63, 3.8) is 0 Å². The molecule has 0 amide bonds. The summed E-state index contributed by atoms with van der Waals surface area (Å²) in [6, 6.07) is 0. The lowest BCUT2D eigenvalue weighted by Crippen LogP contribution is -2.33. The first kappa shape index (κ1) is 17.0. The molecule has 24 heavy (non-hydrogen) atoms. The molecule has 3 rings (SSSR count). The Kier molecular flexibility index (Phi) is 4.17. The fraction of sp³-hybridized carbons (Fsp3) is 0.500. The second-order valence-corrected chi connectivity index (χ2v) is 6.35. The van der Waals surface area contributed by atoms with Gasteiger partial charge in [-0.05, 0) is 0 Å². The monoisotopic (exact) mass is 363 g/mol. The molecule has 2 aromatic heterocycles. The third-order valence-corrected chi connectivity index (χ3v) is 3.95. The van der Waals surface area contributed by atoms with Crippen LogP contribution < -0.4 is 11.3 Å². The number of nitrogens with two attached hydrogens (primary N) is 1. The lowest BCUT2D eigenvalue weighted by Gasteiger charge is -2.16. The van der Waals surface area contributed by atoms with E-state index in [9.17, 15) is 19.6 Å². The first-order valence-corrected chi connectivity index (χ1v) is 8.14. The van der Waals surface area contributed by atoms with Crippen molar-refractivity contribution >= 4 is 24.9 Å². The van der Waals surface area contributed by atoms with Crippen LogP contribution in [0.1, 0.15) is 6.23 Å².